The van der Waals surface area contributed by atoms with Gasteiger partial charge in [0.1, 0.15) is 0 Å². The molecule has 4 atom stereocenters. The summed E-state index contributed by atoms with van der Waals surface area (Å²) in [5.74, 6) is 0.360. The zero-order valence-electron chi connectivity index (χ0n) is 14.6. The molecule has 144 valence electrons. The molecule has 0 aromatic carbocycles. The van der Waals surface area contributed by atoms with Gasteiger partial charge >= 0.3 is 0 Å². The second-order valence-corrected chi connectivity index (χ2v) is 8.62. The topological polar surface area (TPSA) is 65.5 Å². The molecule has 0 bridgehead atoms. The van der Waals surface area contributed by atoms with E-state index >= 15 is 0 Å². The number of hydrogen-bond donors (Lipinski definition) is 2. The standard InChI is InChI=1S/C19H21ClFN3O2S/c20-14-6-15(21)19(22-7-14)24-8-12-4-16(17(25)5-13(12)9-24)23-18(26)3-11-1-2-27-10-11/h1-2,6-7,10,12-13,16-17,25H,3-5,8-9H2,(H,23,26)/t12-,13+,16-,17-/m0/s1. The Bertz CT molecular complexity index is 819. The van der Waals surface area contributed by atoms with Crippen molar-refractivity contribution in [2.24, 2.45) is 11.8 Å². The molecule has 4 rings (SSSR count). The molecule has 0 unspecified atom stereocenters. The molecule has 3 heterocycles. The van der Waals surface area contributed by atoms with Crippen molar-refractivity contribution in [3.63, 3.8) is 0 Å². The molecule has 0 spiro atoms. The zero-order chi connectivity index (χ0) is 19.0. The van der Waals surface area contributed by atoms with Crippen LogP contribution in [-0.4, -0.2) is 41.2 Å². The smallest absolute Gasteiger partial charge is 0.224 e. The Hall–Kier alpha value is -1.70. The van der Waals surface area contributed by atoms with Crippen molar-refractivity contribution >= 4 is 34.7 Å². The van der Waals surface area contributed by atoms with E-state index < -0.39 is 11.9 Å². The molecule has 1 saturated heterocycles. The molecule has 0 radical (unpaired) electrons. The first kappa shape index (κ1) is 18.7. The number of aromatic nitrogens is 1. The van der Waals surface area contributed by atoms with E-state index in [-0.39, 0.29) is 28.8 Å². The monoisotopic (exact) mass is 409 g/mol. The van der Waals surface area contributed by atoms with Gasteiger partial charge in [-0.05, 0) is 53.1 Å². The summed E-state index contributed by atoms with van der Waals surface area (Å²) in [5, 5.41) is 17.7. The predicted molar refractivity (Wildman–Crippen MR) is 104 cm³/mol. The van der Waals surface area contributed by atoms with Crippen molar-refractivity contribution in [2.75, 3.05) is 18.0 Å². The first-order chi connectivity index (χ1) is 13.0. The van der Waals surface area contributed by atoms with Crippen LogP contribution in [0.5, 0.6) is 0 Å². The number of rotatable bonds is 4. The van der Waals surface area contributed by atoms with Crippen LogP contribution in [0.3, 0.4) is 0 Å². The maximum absolute atomic E-state index is 14.2. The van der Waals surface area contributed by atoms with E-state index in [9.17, 15) is 14.3 Å². The summed E-state index contributed by atoms with van der Waals surface area (Å²) in [4.78, 5) is 18.3. The van der Waals surface area contributed by atoms with Crippen LogP contribution in [0, 0.1) is 17.7 Å². The van der Waals surface area contributed by atoms with Gasteiger partial charge in [0.05, 0.1) is 23.6 Å². The van der Waals surface area contributed by atoms with Gasteiger partial charge in [0.2, 0.25) is 5.91 Å². The van der Waals surface area contributed by atoms with Crippen LogP contribution >= 0.6 is 22.9 Å². The Balaban J connectivity index is 1.39. The van der Waals surface area contributed by atoms with Crippen molar-refractivity contribution in [2.45, 2.75) is 31.4 Å². The summed E-state index contributed by atoms with van der Waals surface area (Å²) in [6, 6.07) is 2.94. The predicted octanol–water partition coefficient (Wildman–Crippen LogP) is 2.87. The largest absolute Gasteiger partial charge is 0.391 e. The number of hydrogen-bond acceptors (Lipinski definition) is 5. The van der Waals surface area contributed by atoms with Crippen molar-refractivity contribution < 1.29 is 14.3 Å². The Morgan fingerprint density at radius 2 is 2.19 bits per heavy atom. The van der Waals surface area contributed by atoms with E-state index in [0.29, 0.717) is 38.2 Å². The highest BCUT2D eigenvalue weighted by molar-refractivity contribution is 7.08. The van der Waals surface area contributed by atoms with Crippen LogP contribution in [0.2, 0.25) is 5.02 Å². The van der Waals surface area contributed by atoms with Gasteiger partial charge in [-0.25, -0.2) is 9.37 Å². The van der Waals surface area contributed by atoms with E-state index in [1.165, 1.54) is 12.3 Å². The molecule has 2 aromatic heterocycles. The number of carbonyl (C=O) groups is 1. The van der Waals surface area contributed by atoms with Gasteiger partial charge in [0, 0.05) is 19.3 Å². The Kier molecular flexibility index (Phi) is 5.34. The third kappa shape index (κ3) is 4.10. The van der Waals surface area contributed by atoms with Crippen LogP contribution in [0.1, 0.15) is 18.4 Å². The highest BCUT2D eigenvalue weighted by Crippen LogP contribution is 2.38. The average molecular weight is 410 g/mol. The number of thiophene rings is 1. The number of amides is 1. The molecular formula is C19H21ClFN3O2S. The van der Waals surface area contributed by atoms with Gasteiger partial charge < -0.3 is 15.3 Å². The van der Waals surface area contributed by atoms with Gasteiger partial charge in [-0.1, -0.05) is 11.6 Å². The van der Waals surface area contributed by atoms with Crippen molar-refractivity contribution in [3.05, 3.63) is 45.5 Å². The molecule has 8 heteroatoms. The minimum atomic E-state index is -0.583. The third-order valence-corrected chi connectivity index (χ3v) is 6.46. The molecular weight excluding hydrogens is 389 g/mol. The van der Waals surface area contributed by atoms with E-state index in [4.69, 9.17) is 11.6 Å². The lowest BCUT2D eigenvalue weighted by Crippen LogP contribution is -2.49. The molecule has 1 aliphatic carbocycles. The number of carbonyl (C=O) groups excluding carboxylic acids is 1. The minimum absolute atomic E-state index is 0.0730. The third-order valence-electron chi connectivity index (χ3n) is 5.52. The normalized spacial score (nSPS) is 27.4. The summed E-state index contributed by atoms with van der Waals surface area (Å²) in [7, 11) is 0. The summed E-state index contributed by atoms with van der Waals surface area (Å²) in [6.45, 7) is 1.32. The number of nitrogens with one attached hydrogen (secondary N) is 1. The van der Waals surface area contributed by atoms with Gasteiger partial charge in [-0.2, -0.15) is 11.3 Å². The molecule has 5 nitrogen and oxygen atoms in total. The van der Waals surface area contributed by atoms with Crippen LogP contribution in [-0.2, 0) is 11.2 Å². The second-order valence-electron chi connectivity index (χ2n) is 7.41. The molecule has 2 aliphatic rings. The van der Waals surface area contributed by atoms with Crippen LogP contribution in [0.25, 0.3) is 0 Å². The number of halogens is 2. The highest BCUT2D eigenvalue weighted by atomic mass is 35.5. The summed E-state index contributed by atoms with van der Waals surface area (Å²) in [6.07, 6.45) is 2.48. The molecule has 2 aromatic rings. The fraction of sp³-hybridized carbons (Fsp3) is 0.474. The van der Waals surface area contributed by atoms with Crippen molar-refractivity contribution in [1.29, 1.82) is 0 Å². The van der Waals surface area contributed by atoms with E-state index in [1.54, 1.807) is 11.3 Å². The first-order valence-corrected chi connectivity index (χ1v) is 10.4. The number of nitrogens with zero attached hydrogens (tertiary/aromatic N) is 2. The summed E-state index contributed by atoms with van der Waals surface area (Å²) in [5.41, 5.74) is 0.983. The van der Waals surface area contributed by atoms with E-state index in [2.05, 4.69) is 10.3 Å². The maximum atomic E-state index is 14.2. The lowest BCUT2D eigenvalue weighted by atomic mass is 9.77. The number of aliphatic hydroxyl groups is 1. The number of pyridine rings is 1. The van der Waals surface area contributed by atoms with Crippen LogP contribution in [0.15, 0.2) is 29.1 Å². The first-order valence-electron chi connectivity index (χ1n) is 9.04. The van der Waals surface area contributed by atoms with Crippen LogP contribution < -0.4 is 10.2 Å². The van der Waals surface area contributed by atoms with Gasteiger partial charge in [-0.15, -0.1) is 0 Å². The maximum Gasteiger partial charge on any atom is 0.224 e. The summed E-state index contributed by atoms with van der Waals surface area (Å²) < 4.78 is 14.2. The SMILES string of the molecule is O=C(Cc1ccsc1)N[C@H]1C[C@H]2CN(c3ncc(Cl)cc3F)C[C@H]2C[C@@H]1O. The summed E-state index contributed by atoms with van der Waals surface area (Å²) >= 11 is 7.35. The Labute approximate surface area is 166 Å². The van der Waals surface area contributed by atoms with Crippen molar-refractivity contribution in [1.82, 2.24) is 10.3 Å². The fourth-order valence-corrected chi connectivity index (χ4v) is 5.05. The van der Waals surface area contributed by atoms with Crippen molar-refractivity contribution in [3.8, 4) is 0 Å². The number of anilines is 1. The quantitative estimate of drug-likeness (QED) is 0.815. The van der Waals surface area contributed by atoms with Crippen LogP contribution in [0.4, 0.5) is 10.2 Å². The number of aliphatic hydroxyl groups excluding tert-OH is 1. The van der Waals surface area contributed by atoms with Gasteiger partial charge in [-0.3, -0.25) is 4.79 Å². The molecule has 27 heavy (non-hydrogen) atoms. The fourth-order valence-electron chi connectivity index (χ4n) is 4.24. The lowest BCUT2D eigenvalue weighted by molar-refractivity contribution is -0.122. The van der Waals surface area contributed by atoms with E-state index in [1.807, 2.05) is 21.7 Å². The van der Waals surface area contributed by atoms with E-state index in [0.717, 1.165) is 5.56 Å². The Morgan fingerprint density at radius 1 is 1.41 bits per heavy atom. The molecule has 2 N–H and O–H groups in total. The second kappa shape index (κ2) is 7.73. The Morgan fingerprint density at radius 3 is 2.89 bits per heavy atom. The molecule has 2 fully saturated rings. The molecule has 1 saturated carbocycles. The molecule has 1 amide bonds. The lowest BCUT2D eigenvalue weighted by Gasteiger charge is -2.35. The average Bonchev–Trinajstić information content (AvgIpc) is 3.24. The molecule has 1 aliphatic heterocycles. The number of fused-ring (bicyclic) bond motifs is 1. The zero-order valence-corrected chi connectivity index (χ0v) is 16.2. The minimum Gasteiger partial charge on any atom is -0.391 e. The highest BCUT2D eigenvalue weighted by Gasteiger charge is 2.43. The van der Waals surface area contributed by atoms with Gasteiger partial charge in [0.15, 0.2) is 11.6 Å². The van der Waals surface area contributed by atoms with Gasteiger partial charge in [0.25, 0.3) is 0 Å².